The van der Waals surface area contributed by atoms with Crippen LogP contribution < -0.4 is 27.4 Å². The van der Waals surface area contributed by atoms with Crippen LogP contribution in [0.15, 0.2) is 30.3 Å². The van der Waals surface area contributed by atoms with Crippen LogP contribution in [-0.4, -0.2) is 59.4 Å². The van der Waals surface area contributed by atoms with E-state index in [0.29, 0.717) is 0 Å². The van der Waals surface area contributed by atoms with Gasteiger partial charge in [-0.1, -0.05) is 44.2 Å². The highest BCUT2D eigenvalue weighted by Gasteiger charge is 2.26. The van der Waals surface area contributed by atoms with E-state index in [1.807, 2.05) is 0 Å². The highest BCUT2D eigenvalue weighted by Crippen LogP contribution is 2.05. The van der Waals surface area contributed by atoms with E-state index >= 15 is 0 Å². The summed E-state index contributed by atoms with van der Waals surface area (Å²) in [7, 11) is 0. The quantitative estimate of drug-likeness (QED) is 0.214. The monoisotopic (exact) mass is 449 g/mol. The molecule has 3 unspecified atom stereocenters. The molecule has 8 N–H and O–H groups in total. The van der Waals surface area contributed by atoms with Gasteiger partial charge in [-0.15, -0.1) is 0 Å². The molecule has 4 amide bonds. The predicted molar refractivity (Wildman–Crippen MR) is 116 cm³/mol. The van der Waals surface area contributed by atoms with Crippen molar-refractivity contribution >= 4 is 29.6 Å². The molecule has 1 aromatic rings. The molecule has 0 saturated heterocycles. The Balaban J connectivity index is 2.79. The van der Waals surface area contributed by atoms with Gasteiger partial charge in [0, 0.05) is 12.8 Å². The minimum absolute atomic E-state index is 0.0228. The van der Waals surface area contributed by atoms with Crippen molar-refractivity contribution in [3.8, 4) is 0 Å². The number of carbonyl (C=O) groups is 5. The van der Waals surface area contributed by atoms with E-state index in [1.165, 1.54) is 0 Å². The lowest BCUT2D eigenvalue weighted by Gasteiger charge is -2.21. The van der Waals surface area contributed by atoms with Crippen molar-refractivity contribution in [2.45, 2.75) is 51.2 Å². The molecule has 0 heterocycles. The summed E-state index contributed by atoms with van der Waals surface area (Å²) in [4.78, 5) is 59.3. The molecule has 3 atom stereocenters. The maximum absolute atomic E-state index is 12.7. The minimum Gasteiger partial charge on any atom is -0.480 e. The van der Waals surface area contributed by atoms with E-state index in [9.17, 15) is 24.0 Å². The molecule has 1 rings (SSSR count). The number of primary amides is 1. The summed E-state index contributed by atoms with van der Waals surface area (Å²) in [5, 5.41) is 16.4. The first-order valence-corrected chi connectivity index (χ1v) is 10.2. The normalized spacial score (nSPS) is 13.5. The fourth-order valence-electron chi connectivity index (χ4n) is 2.80. The number of carboxylic acid groups (broad SMARTS) is 1. The molecule has 0 bridgehead atoms. The molecular weight excluding hydrogens is 418 g/mol. The van der Waals surface area contributed by atoms with E-state index in [2.05, 4.69) is 16.0 Å². The Kier molecular flexibility index (Phi) is 10.8. The highest BCUT2D eigenvalue weighted by molar-refractivity contribution is 5.93. The van der Waals surface area contributed by atoms with Gasteiger partial charge in [0.1, 0.15) is 12.1 Å². The fraction of sp³-hybridized carbons (Fsp3) is 0.476. The standard InChI is InChI=1S/C21H31N5O6/c1-12(2)18(21(31)32)26-17(28)11-24-20(30)15(10-13-6-4-3-5-7-13)25-19(29)14(22)8-9-16(23)27/h3-7,12,14-15,18H,8-11,22H2,1-2H3,(H2,23,27)(H,24,30)(H,25,29)(H,26,28)(H,31,32). The molecule has 176 valence electrons. The molecule has 11 nitrogen and oxygen atoms in total. The van der Waals surface area contributed by atoms with E-state index in [0.717, 1.165) is 5.56 Å². The SMILES string of the molecule is CC(C)C(NC(=O)CNC(=O)C(Cc1ccccc1)NC(=O)C(N)CCC(N)=O)C(=O)O. The van der Waals surface area contributed by atoms with Crippen molar-refractivity contribution in [3.63, 3.8) is 0 Å². The molecule has 0 spiro atoms. The maximum Gasteiger partial charge on any atom is 0.326 e. The van der Waals surface area contributed by atoms with Gasteiger partial charge in [-0.25, -0.2) is 4.79 Å². The van der Waals surface area contributed by atoms with E-state index in [4.69, 9.17) is 16.6 Å². The van der Waals surface area contributed by atoms with Gasteiger partial charge in [0.05, 0.1) is 12.6 Å². The Bertz CT molecular complexity index is 814. The molecule has 1 aromatic carbocycles. The van der Waals surface area contributed by atoms with Crippen molar-refractivity contribution in [2.75, 3.05) is 6.54 Å². The fourth-order valence-corrected chi connectivity index (χ4v) is 2.80. The second kappa shape index (κ2) is 13.1. The molecule has 0 radical (unpaired) electrons. The summed E-state index contributed by atoms with van der Waals surface area (Å²) in [5.41, 5.74) is 11.6. The zero-order valence-electron chi connectivity index (χ0n) is 18.2. The van der Waals surface area contributed by atoms with Gasteiger partial charge >= 0.3 is 5.97 Å². The van der Waals surface area contributed by atoms with Gasteiger partial charge in [0.15, 0.2) is 0 Å². The number of nitrogens with two attached hydrogens (primary N) is 2. The lowest BCUT2D eigenvalue weighted by molar-refractivity contribution is -0.143. The van der Waals surface area contributed by atoms with Crippen LogP contribution in [0.4, 0.5) is 0 Å². The third-order valence-corrected chi connectivity index (χ3v) is 4.63. The zero-order chi connectivity index (χ0) is 24.3. The summed E-state index contributed by atoms with van der Waals surface area (Å²) >= 11 is 0. The molecule has 0 aliphatic carbocycles. The van der Waals surface area contributed by atoms with Crippen LogP contribution in [0.1, 0.15) is 32.3 Å². The zero-order valence-corrected chi connectivity index (χ0v) is 18.2. The van der Waals surface area contributed by atoms with E-state index in [-0.39, 0.29) is 25.2 Å². The van der Waals surface area contributed by atoms with Crippen molar-refractivity contribution in [3.05, 3.63) is 35.9 Å². The summed E-state index contributed by atoms with van der Waals surface area (Å²) in [6.45, 7) is 2.82. The first-order chi connectivity index (χ1) is 15.0. The van der Waals surface area contributed by atoms with Crippen LogP contribution in [-0.2, 0) is 30.4 Å². The Morgan fingerprint density at radius 2 is 1.62 bits per heavy atom. The number of benzene rings is 1. The van der Waals surface area contributed by atoms with Crippen LogP contribution in [0.2, 0.25) is 0 Å². The smallest absolute Gasteiger partial charge is 0.326 e. The third kappa shape index (κ3) is 9.56. The van der Waals surface area contributed by atoms with Crippen LogP contribution in [0.5, 0.6) is 0 Å². The first-order valence-electron chi connectivity index (χ1n) is 10.2. The van der Waals surface area contributed by atoms with Crippen molar-refractivity contribution in [1.29, 1.82) is 0 Å². The van der Waals surface area contributed by atoms with Gasteiger partial charge in [-0.2, -0.15) is 0 Å². The average molecular weight is 450 g/mol. The Morgan fingerprint density at radius 1 is 1.00 bits per heavy atom. The Labute approximate surface area is 186 Å². The van der Waals surface area contributed by atoms with Gasteiger partial charge in [-0.3, -0.25) is 19.2 Å². The lowest BCUT2D eigenvalue weighted by Crippen LogP contribution is -2.54. The largest absolute Gasteiger partial charge is 0.480 e. The number of carbonyl (C=O) groups excluding carboxylic acids is 4. The molecule has 0 fully saturated rings. The van der Waals surface area contributed by atoms with E-state index in [1.54, 1.807) is 44.2 Å². The van der Waals surface area contributed by atoms with Crippen molar-refractivity contribution in [2.24, 2.45) is 17.4 Å². The molecule has 0 saturated carbocycles. The highest BCUT2D eigenvalue weighted by atomic mass is 16.4. The topological polar surface area (TPSA) is 194 Å². The second-order valence-electron chi connectivity index (χ2n) is 7.71. The maximum atomic E-state index is 12.7. The van der Waals surface area contributed by atoms with Crippen LogP contribution in [0, 0.1) is 5.92 Å². The van der Waals surface area contributed by atoms with Crippen LogP contribution >= 0.6 is 0 Å². The molecule has 11 heteroatoms. The number of nitrogens with one attached hydrogen (secondary N) is 3. The predicted octanol–water partition coefficient (Wildman–Crippen LogP) is -1.35. The molecule has 0 aliphatic rings. The number of rotatable bonds is 13. The van der Waals surface area contributed by atoms with Crippen molar-refractivity contribution in [1.82, 2.24) is 16.0 Å². The molecule has 32 heavy (non-hydrogen) atoms. The summed E-state index contributed by atoms with van der Waals surface area (Å²) in [6, 6.07) is 5.71. The van der Waals surface area contributed by atoms with Gasteiger partial charge in [0.2, 0.25) is 23.6 Å². The third-order valence-electron chi connectivity index (χ3n) is 4.63. The van der Waals surface area contributed by atoms with Gasteiger partial charge < -0.3 is 32.5 Å². The molecule has 0 aliphatic heterocycles. The first kappa shape index (κ1) is 26.6. The number of carboxylic acids is 1. The Morgan fingerprint density at radius 3 is 2.16 bits per heavy atom. The van der Waals surface area contributed by atoms with E-state index < -0.39 is 54.3 Å². The number of hydrogen-bond acceptors (Lipinski definition) is 6. The van der Waals surface area contributed by atoms with Crippen molar-refractivity contribution < 1.29 is 29.1 Å². The minimum atomic E-state index is -1.18. The molecular formula is C21H31N5O6. The van der Waals surface area contributed by atoms with Gasteiger partial charge in [-0.05, 0) is 17.9 Å². The summed E-state index contributed by atoms with van der Waals surface area (Å²) in [6.07, 6.45) is 0.0756. The number of hydrogen-bond donors (Lipinski definition) is 6. The van der Waals surface area contributed by atoms with Crippen LogP contribution in [0.25, 0.3) is 0 Å². The Hall–Kier alpha value is -3.47. The summed E-state index contributed by atoms with van der Waals surface area (Å²) < 4.78 is 0. The lowest BCUT2D eigenvalue weighted by atomic mass is 10.0. The number of aliphatic carboxylic acids is 1. The molecule has 0 aromatic heterocycles. The number of amides is 4. The van der Waals surface area contributed by atoms with Gasteiger partial charge in [0.25, 0.3) is 0 Å². The average Bonchev–Trinajstić information content (AvgIpc) is 2.73. The second-order valence-corrected chi connectivity index (χ2v) is 7.71. The van der Waals surface area contributed by atoms with Crippen LogP contribution in [0.3, 0.4) is 0 Å². The summed E-state index contributed by atoms with van der Waals surface area (Å²) in [5.74, 6) is -4.09.